The summed E-state index contributed by atoms with van der Waals surface area (Å²) in [5.41, 5.74) is 0.535. The van der Waals surface area contributed by atoms with Gasteiger partial charge in [0.15, 0.2) is 11.5 Å². The van der Waals surface area contributed by atoms with Gasteiger partial charge in [-0.1, -0.05) is 18.5 Å². The van der Waals surface area contributed by atoms with E-state index in [2.05, 4.69) is 15.9 Å². The smallest absolute Gasteiger partial charge is 0.197 e. The Morgan fingerprint density at radius 2 is 2.17 bits per heavy atom. The molecule has 0 aliphatic rings. The monoisotopic (exact) mass is 330 g/mol. The van der Waals surface area contributed by atoms with Gasteiger partial charge < -0.3 is 4.42 Å². The molecule has 0 atom stereocenters. The van der Waals surface area contributed by atoms with Gasteiger partial charge in [-0.2, -0.15) is 0 Å². The summed E-state index contributed by atoms with van der Waals surface area (Å²) in [4.78, 5) is 11.5. The molecule has 94 valence electrons. The number of carbonyl (C=O) groups excluding carboxylic acids is 1. The van der Waals surface area contributed by atoms with Crippen molar-refractivity contribution in [2.24, 2.45) is 0 Å². The van der Waals surface area contributed by atoms with Gasteiger partial charge in [0.1, 0.15) is 11.6 Å². The number of benzene rings is 1. The number of carbonyl (C=O) groups is 1. The van der Waals surface area contributed by atoms with Gasteiger partial charge in [0.25, 0.3) is 0 Å². The number of hydrogen-bond acceptors (Lipinski definition) is 2. The van der Waals surface area contributed by atoms with Crippen LogP contribution in [0.15, 0.2) is 33.2 Å². The van der Waals surface area contributed by atoms with Crippen molar-refractivity contribution in [2.45, 2.75) is 13.3 Å². The van der Waals surface area contributed by atoms with Crippen LogP contribution in [0.4, 0.5) is 4.39 Å². The highest BCUT2D eigenvalue weighted by molar-refractivity contribution is 9.10. The molecule has 0 spiro atoms. The van der Waals surface area contributed by atoms with Crippen molar-refractivity contribution in [3.05, 3.63) is 45.3 Å². The summed E-state index contributed by atoms with van der Waals surface area (Å²) in [7, 11) is 0. The van der Waals surface area contributed by atoms with E-state index in [4.69, 9.17) is 16.0 Å². The topological polar surface area (TPSA) is 30.2 Å². The predicted molar refractivity (Wildman–Crippen MR) is 71.4 cm³/mol. The first-order valence-electron chi connectivity index (χ1n) is 5.31. The maximum atomic E-state index is 13.1. The highest BCUT2D eigenvalue weighted by Crippen LogP contribution is 2.36. The number of ketones is 1. The van der Waals surface area contributed by atoms with Crippen LogP contribution in [0.3, 0.4) is 0 Å². The molecule has 1 aromatic carbocycles. The summed E-state index contributed by atoms with van der Waals surface area (Å²) in [6, 6.07) is 5.73. The first-order chi connectivity index (χ1) is 8.52. The molecule has 0 radical (unpaired) electrons. The molecule has 0 N–H and O–H groups in total. The Morgan fingerprint density at radius 3 is 2.78 bits per heavy atom. The molecule has 1 heterocycles. The van der Waals surface area contributed by atoms with Gasteiger partial charge in [0, 0.05) is 10.9 Å². The standard InChI is InChI=1S/C13H9BrClFO2/c1-2-10(17)11-3-4-12(18-11)13-8(14)5-7(16)6-9(13)15/h3-6H,2H2,1H3. The van der Waals surface area contributed by atoms with Gasteiger partial charge in [-0.05, 0) is 40.2 Å². The van der Waals surface area contributed by atoms with Crippen molar-refractivity contribution in [3.8, 4) is 11.3 Å². The molecular weight excluding hydrogens is 322 g/mol. The third kappa shape index (κ3) is 2.49. The van der Waals surface area contributed by atoms with Crippen molar-refractivity contribution in [3.63, 3.8) is 0 Å². The Kier molecular flexibility index (Phi) is 3.88. The van der Waals surface area contributed by atoms with Crippen LogP contribution in [-0.2, 0) is 0 Å². The lowest BCUT2D eigenvalue weighted by atomic mass is 10.1. The first-order valence-corrected chi connectivity index (χ1v) is 6.48. The SMILES string of the molecule is CCC(=O)c1ccc(-c2c(Cl)cc(F)cc2Br)o1. The van der Waals surface area contributed by atoms with Gasteiger partial charge in [-0.3, -0.25) is 4.79 Å². The molecule has 0 fully saturated rings. The summed E-state index contributed by atoms with van der Waals surface area (Å²) >= 11 is 9.21. The van der Waals surface area contributed by atoms with Gasteiger partial charge in [-0.25, -0.2) is 4.39 Å². The molecule has 0 saturated carbocycles. The zero-order valence-corrected chi connectivity index (χ0v) is 11.8. The highest BCUT2D eigenvalue weighted by Gasteiger charge is 2.16. The summed E-state index contributed by atoms with van der Waals surface area (Å²) < 4.78 is 19.0. The molecule has 0 aliphatic carbocycles. The quantitative estimate of drug-likeness (QED) is 0.733. The van der Waals surface area contributed by atoms with Crippen molar-refractivity contribution in [1.82, 2.24) is 0 Å². The van der Waals surface area contributed by atoms with Crippen LogP contribution in [0.1, 0.15) is 23.9 Å². The van der Waals surface area contributed by atoms with Gasteiger partial charge in [0.2, 0.25) is 0 Å². The summed E-state index contributed by atoms with van der Waals surface area (Å²) in [6.45, 7) is 1.76. The Morgan fingerprint density at radius 1 is 1.44 bits per heavy atom. The average molecular weight is 332 g/mol. The van der Waals surface area contributed by atoms with E-state index in [-0.39, 0.29) is 16.6 Å². The maximum absolute atomic E-state index is 13.1. The lowest BCUT2D eigenvalue weighted by Crippen LogP contribution is -1.92. The lowest BCUT2D eigenvalue weighted by Gasteiger charge is -2.04. The summed E-state index contributed by atoms with van der Waals surface area (Å²) in [6.07, 6.45) is 0.366. The van der Waals surface area contributed by atoms with Crippen LogP contribution in [0.25, 0.3) is 11.3 Å². The molecule has 0 bridgehead atoms. The Labute approximate surface area is 117 Å². The van der Waals surface area contributed by atoms with E-state index in [0.29, 0.717) is 22.2 Å². The average Bonchev–Trinajstić information content (AvgIpc) is 2.76. The van der Waals surface area contributed by atoms with Crippen LogP contribution in [0, 0.1) is 5.82 Å². The summed E-state index contributed by atoms with van der Waals surface area (Å²) in [5, 5.41) is 0.228. The van der Waals surface area contributed by atoms with Crippen molar-refractivity contribution in [1.29, 1.82) is 0 Å². The van der Waals surface area contributed by atoms with Gasteiger partial charge in [-0.15, -0.1) is 0 Å². The van der Waals surface area contributed by atoms with E-state index in [1.54, 1.807) is 19.1 Å². The number of furan rings is 1. The summed E-state index contributed by atoms with van der Waals surface area (Å²) in [5.74, 6) is 0.186. The molecule has 0 saturated heterocycles. The Hall–Kier alpha value is -1.13. The van der Waals surface area contributed by atoms with E-state index >= 15 is 0 Å². The molecule has 0 unspecified atom stereocenters. The molecular formula is C13H9BrClFO2. The number of Topliss-reactive ketones (excluding diaryl/α,β-unsaturated/α-hetero) is 1. The second-order valence-corrected chi connectivity index (χ2v) is 4.95. The van der Waals surface area contributed by atoms with Crippen LogP contribution in [0.5, 0.6) is 0 Å². The van der Waals surface area contributed by atoms with E-state index in [9.17, 15) is 9.18 Å². The fourth-order valence-corrected chi connectivity index (χ4v) is 2.61. The van der Waals surface area contributed by atoms with E-state index in [1.807, 2.05) is 0 Å². The van der Waals surface area contributed by atoms with Crippen LogP contribution in [-0.4, -0.2) is 5.78 Å². The van der Waals surface area contributed by atoms with Crippen LogP contribution < -0.4 is 0 Å². The van der Waals surface area contributed by atoms with E-state index in [1.165, 1.54) is 12.1 Å². The van der Waals surface area contributed by atoms with Gasteiger partial charge >= 0.3 is 0 Å². The number of rotatable bonds is 3. The molecule has 2 nitrogen and oxygen atoms in total. The third-order valence-electron chi connectivity index (χ3n) is 2.46. The molecule has 18 heavy (non-hydrogen) atoms. The molecule has 1 aromatic heterocycles. The molecule has 2 aromatic rings. The fraction of sp³-hybridized carbons (Fsp3) is 0.154. The minimum Gasteiger partial charge on any atom is -0.453 e. The van der Waals surface area contributed by atoms with Crippen LogP contribution in [0.2, 0.25) is 5.02 Å². The van der Waals surface area contributed by atoms with E-state index in [0.717, 1.165) is 0 Å². The zero-order valence-electron chi connectivity index (χ0n) is 9.47. The highest BCUT2D eigenvalue weighted by atomic mass is 79.9. The largest absolute Gasteiger partial charge is 0.453 e. The molecule has 5 heteroatoms. The zero-order chi connectivity index (χ0) is 13.3. The fourth-order valence-electron chi connectivity index (χ4n) is 1.57. The van der Waals surface area contributed by atoms with Crippen molar-refractivity contribution < 1.29 is 13.6 Å². The van der Waals surface area contributed by atoms with Gasteiger partial charge in [0.05, 0.1) is 10.6 Å². The lowest BCUT2D eigenvalue weighted by molar-refractivity contribution is 0.0962. The molecule has 0 aliphatic heterocycles. The first kappa shape index (κ1) is 13.3. The minimum atomic E-state index is -0.438. The van der Waals surface area contributed by atoms with Crippen molar-refractivity contribution >= 4 is 33.3 Å². The third-order valence-corrected chi connectivity index (χ3v) is 3.38. The predicted octanol–water partition coefficient (Wildman–Crippen LogP) is 5.09. The number of halogens is 3. The van der Waals surface area contributed by atoms with Crippen molar-refractivity contribution in [2.75, 3.05) is 0 Å². The second-order valence-electron chi connectivity index (χ2n) is 3.69. The molecule has 2 rings (SSSR count). The Balaban J connectivity index is 2.49. The molecule has 0 amide bonds. The number of hydrogen-bond donors (Lipinski definition) is 0. The van der Waals surface area contributed by atoms with E-state index < -0.39 is 5.82 Å². The minimum absolute atomic E-state index is 0.0874. The normalized spacial score (nSPS) is 10.7. The Bertz CT molecular complexity index is 584. The van der Waals surface area contributed by atoms with Crippen LogP contribution >= 0.6 is 27.5 Å². The second kappa shape index (κ2) is 5.24. The maximum Gasteiger partial charge on any atom is 0.197 e.